The summed E-state index contributed by atoms with van der Waals surface area (Å²) < 4.78 is 23.2. The van der Waals surface area contributed by atoms with Crippen molar-refractivity contribution >= 4 is 25.2 Å². The van der Waals surface area contributed by atoms with Gasteiger partial charge in [0.2, 0.25) is 5.91 Å². The van der Waals surface area contributed by atoms with Gasteiger partial charge in [0.25, 0.3) is 5.91 Å². The first-order valence-corrected chi connectivity index (χ1v) is 11.6. The van der Waals surface area contributed by atoms with Gasteiger partial charge in [-0.3, -0.25) is 18.9 Å². The lowest BCUT2D eigenvalue weighted by Crippen LogP contribution is -2.50. The van der Waals surface area contributed by atoms with Crippen LogP contribution in [-0.4, -0.2) is 36.9 Å². The van der Waals surface area contributed by atoms with E-state index in [4.69, 9.17) is 14.8 Å². The molecule has 8 nitrogen and oxygen atoms in total. The van der Waals surface area contributed by atoms with Crippen molar-refractivity contribution in [2.24, 2.45) is 11.7 Å². The first kappa shape index (κ1) is 23.3. The zero-order chi connectivity index (χ0) is 21.4. The van der Waals surface area contributed by atoms with E-state index in [1.54, 1.807) is 38.1 Å². The van der Waals surface area contributed by atoms with Gasteiger partial charge in [0.15, 0.2) is 0 Å². The molecule has 0 aromatic heterocycles. The zero-order valence-electron chi connectivity index (χ0n) is 16.9. The number of Topliss-reactive ketones (excluding diaryl/α,β-unsaturated/α-hetero) is 1. The van der Waals surface area contributed by atoms with Crippen molar-refractivity contribution in [2.75, 3.05) is 13.2 Å². The number of carbonyl (C=O) groups is 3. The third-order valence-electron chi connectivity index (χ3n) is 4.83. The van der Waals surface area contributed by atoms with E-state index in [-0.39, 0.29) is 37.5 Å². The molecule has 2 amide bonds. The van der Waals surface area contributed by atoms with E-state index < -0.39 is 25.5 Å². The van der Waals surface area contributed by atoms with Crippen LogP contribution in [-0.2, 0) is 29.4 Å². The highest BCUT2D eigenvalue weighted by Gasteiger charge is 2.32. The predicted molar refractivity (Wildman–Crippen MR) is 108 cm³/mol. The average molecular weight is 424 g/mol. The molecule has 9 heteroatoms. The lowest BCUT2D eigenvalue weighted by molar-refractivity contribution is -0.124. The third-order valence-corrected chi connectivity index (χ3v) is 6.88. The maximum atomic E-state index is 12.6. The second-order valence-electron chi connectivity index (χ2n) is 7.05. The van der Waals surface area contributed by atoms with Crippen LogP contribution >= 0.6 is 7.60 Å². The van der Waals surface area contributed by atoms with Crippen LogP contribution in [0.4, 0.5) is 0 Å². The highest BCUT2D eigenvalue weighted by Crippen LogP contribution is 2.51. The second-order valence-corrected chi connectivity index (χ2v) is 9.10. The largest absolute Gasteiger partial charge is 0.368 e. The number of ketones is 1. The summed E-state index contributed by atoms with van der Waals surface area (Å²) >= 11 is 0. The van der Waals surface area contributed by atoms with Gasteiger partial charge in [0.1, 0.15) is 11.8 Å². The molecule has 1 aromatic rings. The van der Waals surface area contributed by atoms with Gasteiger partial charge >= 0.3 is 7.60 Å². The van der Waals surface area contributed by atoms with E-state index in [1.807, 2.05) is 0 Å². The number of primary amides is 1. The molecule has 1 saturated carbocycles. The Balaban J connectivity index is 2.06. The molecule has 0 saturated heterocycles. The van der Waals surface area contributed by atoms with E-state index in [1.165, 1.54) is 0 Å². The van der Waals surface area contributed by atoms with Gasteiger partial charge in [-0.25, -0.2) is 0 Å². The molecule has 1 aliphatic rings. The van der Waals surface area contributed by atoms with Crippen molar-refractivity contribution in [1.82, 2.24) is 5.32 Å². The molecule has 0 heterocycles. The van der Waals surface area contributed by atoms with Crippen LogP contribution in [0.2, 0.25) is 0 Å². The molecule has 29 heavy (non-hydrogen) atoms. The van der Waals surface area contributed by atoms with Gasteiger partial charge in [-0.05, 0) is 50.3 Å². The normalized spacial score (nSPS) is 18.3. The van der Waals surface area contributed by atoms with E-state index in [2.05, 4.69) is 5.32 Å². The average Bonchev–Trinajstić information content (AvgIpc) is 2.66. The molecule has 0 unspecified atom stereocenters. The van der Waals surface area contributed by atoms with Gasteiger partial charge in [-0.1, -0.05) is 12.1 Å². The Morgan fingerprint density at radius 2 is 1.83 bits per heavy atom. The maximum Gasteiger partial charge on any atom is 0.335 e. The van der Waals surface area contributed by atoms with Gasteiger partial charge < -0.3 is 20.1 Å². The summed E-state index contributed by atoms with van der Waals surface area (Å²) in [5.74, 6) is -1.29. The maximum absolute atomic E-state index is 12.6. The summed E-state index contributed by atoms with van der Waals surface area (Å²) in [5.41, 5.74) is 6.51. The fourth-order valence-electron chi connectivity index (χ4n) is 3.50. The number of hydrogen-bond donors (Lipinski definition) is 2. The quantitative estimate of drug-likeness (QED) is 0.557. The van der Waals surface area contributed by atoms with Crippen LogP contribution in [0, 0.1) is 5.92 Å². The Labute approximate surface area is 171 Å². The number of nitrogens with one attached hydrogen (secondary N) is 1. The number of rotatable bonds is 10. The van der Waals surface area contributed by atoms with E-state index >= 15 is 0 Å². The molecule has 2 rings (SSSR count). The SMILES string of the molecule is CCOP(=O)(Cc1ccc(C(=O)N[C@H](C(N)=O)[C@H]2CCCC(=O)C2)cc1)OCC. The predicted octanol–water partition coefficient (Wildman–Crippen LogP) is 2.80. The van der Waals surface area contributed by atoms with Crippen molar-refractivity contribution in [3.63, 3.8) is 0 Å². The molecule has 3 N–H and O–H groups in total. The van der Waals surface area contributed by atoms with Crippen molar-refractivity contribution in [3.05, 3.63) is 35.4 Å². The Morgan fingerprint density at radius 1 is 1.21 bits per heavy atom. The Bertz CT molecular complexity index is 770. The van der Waals surface area contributed by atoms with E-state index in [9.17, 15) is 18.9 Å². The fourth-order valence-corrected chi connectivity index (χ4v) is 5.20. The van der Waals surface area contributed by atoms with E-state index in [0.29, 0.717) is 30.4 Å². The van der Waals surface area contributed by atoms with Crippen LogP contribution < -0.4 is 11.1 Å². The van der Waals surface area contributed by atoms with Crippen molar-refractivity contribution < 1.29 is 28.0 Å². The van der Waals surface area contributed by atoms with Gasteiger partial charge in [-0.15, -0.1) is 0 Å². The molecule has 1 aromatic carbocycles. The summed E-state index contributed by atoms with van der Waals surface area (Å²) in [5, 5.41) is 2.66. The minimum Gasteiger partial charge on any atom is -0.368 e. The molecule has 1 aliphatic carbocycles. The van der Waals surface area contributed by atoms with Gasteiger partial charge in [0, 0.05) is 18.4 Å². The molecule has 0 bridgehead atoms. The number of carbonyl (C=O) groups excluding carboxylic acids is 3. The van der Waals surface area contributed by atoms with Crippen molar-refractivity contribution in [3.8, 4) is 0 Å². The number of amides is 2. The van der Waals surface area contributed by atoms with Crippen LogP contribution in [0.1, 0.15) is 55.5 Å². The second kappa shape index (κ2) is 10.7. The van der Waals surface area contributed by atoms with E-state index in [0.717, 1.165) is 0 Å². The summed E-state index contributed by atoms with van der Waals surface area (Å²) in [6.45, 7) is 4.04. The standard InChI is InChI=1S/C20H29N2O6P/c1-3-27-29(26,28-4-2)13-14-8-10-15(11-9-14)20(25)22-18(19(21)24)16-6-5-7-17(23)12-16/h8-11,16,18H,3-7,12-13H2,1-2H3,(H2,21,24)(H,22,25)/t16-,18-/m0/s1. The highest BCUT2D eigenvalue weighted by atomic mass is 31.2. The van der Waals surface area contributed by atoms with Crippen molar-refractivity contribution in [2.45, 2.75) is 51.7 Å². The monoisotopic (exact) mass is 424 g/mol. The molecule has 160 valence electrons. The summed E-state index contributed by atoms with van der Waals surface area (Å²) in [4.78, 5) is 36.1. The molecule has 0 spiro atoms. The number of nitrogens with two attached hydrogens (primary N) is 1. The third kappa shape index (κ3) is 6.77. The molecular weight excluding hydrogens is 395 g/mol. The lowest BCUT2D eigenvalue weighted by Gasteiger charge is -2.28. The molecule has 0 radical (unpaired) electrons. The summed E-state index contributed by atoms with van der Waals surface area (Å²) in [6, 6.07) is 5.61. The number of benzene rings is 1. The van der Waals surface area contributed by atoms with Gasteiger partial charge in [0.05, 0.1) is 19.4 Å². The summed E-state index contributed by atoms with van der Waals surface area (Å²) in [7, 11) is -3.23. The Hall–Kier alpha value is -2.02. The molecule has 2 atom stereocenters. The minimum atomic E-state index is -3.23. The van der Waals surface area contributed by atoms with Crippen LogP contribution in [0.3, 0.4) is 0 Å². The molecule has 1 fully saturated rings. The van der Waals surface area contributed by atoms with Crippen LogP contribution in [0.15, 0.2) is 24.3 Å². The molecular formula is C20H29N2O6P. The summed E-state index contributed by atoms with van der Waals surface area (Å²) in [6.07, 6.45) is 2.21. The topological polar surface area (TPSA) is 125 Å². The van der Waals surface area contributed by atoms with Crippen molar-refractivity contribution in [1.29, 1.82) is 0 Å². The number of hydrogen-bond acceptors (Lipinski definition) is 6. The molecule has 0 aliphatic heterocycles. The highest BCUT2D eigenvalue weighted by molar-refractivity contribution is 7.53. The van der Waals surface area contributed by atoms with Gasteiger partial charge in [-0.2, -0.15) is 0 Å². The fraction of sp³-hybridized carbons (Fsp3) is 0.550. The zero-order valence-corrected chi connectivity index (χ0v) is 17.8. The van der Waals surface area contributed by atoms with Crippen LogP contribution in [0.25, 0.3) is 0 Å². The Kier molecular flexibility index (Phi) is 8.56. The lowest BCUT2D eigenvalue weighted by atomic mass is 9.82. The minimum absolute atomic E-state index is 0.0825. The smallest absolute Gasteiger partial charge is 0.335 e. The van der Waals surface area contributed by atoms with Crippen LogP contribution in [0.5, 0.6) is 0 Å². The first-order valence-electron chi connectivity index (χ1n) is 9.87. The Morgan fingerprint density at radius 3 is 2.34 bits per heavy atom. The first-order chi connectivity index (χ1) is 13.8.